The number of hydrogen-bond donors (Lipinski definition) is 1. The molecule has 1 aliphatic heterocycles. The van der Waals surface area contributed by atoms with E-state index in [1.807, 2.05) is 0 Å². The maximum Gasteiger partial charge on any atom is 0.0693 e. The number of rotatable bonds is 4. The summed E-state index contributed by atoms with van der Waals surface area (Å²) in [6.07, 6.45) is 1.89. The van der Waals surface area contributed by atoms with Gasteiger partial charge >= 0.3 is 0 Å². The van der Waals surface area contributed by atoms with Gasteiger partial charge in [-0.2, -0.15) is 5.10 Å². The van der Waals surface area contributed by atoms with Crippen LogP contribution in [0.4, 0.5) is 0 Å². The molecule has 1 aromatic rings. The van der Waals surface area contributed by atoms with Crippen LogP contribution in [-0.2, 0) is 19.5 Å². The Kier molecular flexibility index (Phi) is 4.40. The van der Waals surface area contributed by atoms with E-state index in [0.29, 0.717) is 5.92 Å². The van der Waals surface area contributed by atoms with Crippen LogP contribution in [0.15, 0.2) is 6.07 Å². The molecule has 1 N–H and O–H groups in total. The van der Waals surface area contributed by atoms with E-state index < -0.39 is 0 Å². The lowest BCUT2D eigenvalue weighted by Gasteiger charge is -2.34. The van der Waals surface area contributed by atoms with Crippen molar-refractivity contribution in [1.82, 2.24) is 14.7 Å². The number of likely N-dealkylation sites (tertiary alicyclic amines) is 1. The van der Waals surface area contributed by atoms with Gasteiger partial charge in [0.2, 0.25) is 0 Å². The minimum Gasteiger partial charge on any atom is -0.392 e. The van der Waals surface area contributed by atoms with Crippen molar-refractivity contribution >= 4 is 0 Å². The van der Waals surface area contributed by atoms with E-state index in [9.17, 15) is 5.11 Å². The van der Waals surface area contributed by atoms with Crippen molar-refractivity contribution in [3.63, 3.8) is 0 Å². The van der Waals surface area contributed by atoms with Crippen LogP contribution in [0.25, 0.3) is 0 Å². The second-order valence-corrected chi connectivity index (χ2v) is 5.36. The zero-order chi connectivity index (χ0) is 13.1. The Balaban J connectivity index is 2.02. The molecule has 0 amide bonds. The monoisotopic (exact) mass is 251 g/mol. The van der Waals surface area contributed by atoms with Gasteiger partial charge in [-0.1, -0.05) is 13.8 Å². The molecule has 2 heterocycles. The first-order valence-electron chi connectivity index (χ1n) is 7.10. The Bertz CT molecular complexity index is 388. The van der Waals surface area contributed by atoms with Gasteiger partial charge in [0.05, 0.1) is 17.5 Å². The fourth-order valence-electron chi connectivity index (χ4n) is 2.58. The first kappa shape index (κ1) is 13.6. The molecule has 4 heteroatoms. The Morgan fingerprint density at radius 3 is 2.83 bits per heavy atom. The fourth-order valence-corrected chi connectivity index (χ4v) is 2.58. The number of β-amino-alcohol motifs (C(OH)–C–C–N with tert-alkyl or cyclic N) is 1. The summed E-state index contributed by atoms with van der Waals surface area (Å²) < 4.78 is 2.09. The van der Waals surface area contributed by atoms with Crippen molar-refractivity contribution in [2.24, 2.45) is 5.92 Å². The van der Waals surface area contributed by atoms with Gasteiger partial charge in [-0.05, 0) is 38.3 Å². The second-order valence-electron chi connectivity index (χ2n) is 5.36. The number of nitrogens with zero attached hydrogens (tertiary/aromatic N) is 3. The standard InChI is InChI=1S/C14H25N3O/c1-4-12-8-13(17(5-2)15-12)9-16-7-6-11(3)14(18)10-16/h8,11,14,18H,4-7,9-10H2,1-3H3. The van der Waals surface area contributed by atoms with Crippen molar-refractivity contribution in [2.45, 2.75) is 52.8 Å². The second kappa shape index (κ2) is 5.85. The van der Waals surface area contributed by atoms with Crippen molar-refractivity contribution in [1.29, 1.82) is 0 Å². The van der Waals surface area contributed by atoms with E-state index in [2.05, 4.69) is 41.5 Å². The van der Waals surface area contributed by atoms with Crippen LogP contribution in [0.1, 0.15) is 38.6 Å². The fraction of sp³-hybridized carbons (Fsp3) is 0.786. The van der Waals surface area contributed by atoms with E-state index in [1.165, 1.54) is 5.69 Å². The molecule has 2 atom stereocenters. The van der Waals surface area contributed by atoms with E-state index in [1.54, 1.807) is 0 Å². The molecule has 0 spiro atoms. The smallest absolute Gasteiger partial charge is 0.0693 e. The summed E-state index contributed by atoms with van der Waals surface area (Å²) in [5, 5.41) is 14.5. The quantitative estimate of drug-likeness (QED) is 0.885. The summed E-state index contributed by atoms with van der Waals surface area (Å²) in [5.41, 5.74) is 2.44. The predicted octanol–water partition coefficient (Wildman–Crippen LogP) is 1.67. The predicted molar refractivity (Wildman–Crippen MR) is 72.3 cm³/mol. The molecule has 0 bridgehead atoms. The Morgan fingerprint density at radius 2 is 2.22 bits per heavy atom. The highest BCUT2D eigenvalue weighted by Gasteiger charge is 2.24. The molecular weight excluding hydrogens is 226 g/mol. The molecule has 1 aliphatic rings. The molecule has 0 saturated carbocycles. The topological polar surface area (TPSA) is 41.3 Å². The first-order chi connectivity index (χ1) is 8.63. The third-order valence-corrected chi connectivity index (χ3v) is 3.96. The summed E-state index contributed by atoms with van der Waals surface area (Å²) in [6, 6.07) is 2.20. The Hall–Kier alpha value is -0.870. The molecule has 0 radical (unpaired) electrons. The van der Waals surface area contributed by atoms with Crippen LogP contribution in [0, 0.1) is 5.92 Å². The number of aliphatic hydroxyl groups is 1. The zero-order valence-corrected chi connectivity index (χ0v) is 11.8. The molecule has 0 aliphatic carbocycles. The summed E-state index contributed by atoms with van der Waals surface area (Å²) in [6.45, 7) is 10.1. The highest BCUT2D eigenvalue weighted by atomic mass is 16.3. The number of aromatic nitrogens is 2. The molecule has 1 saturated heterocycles. The molecule has 1 aromatic heterocycles. The number of aryl methyl sites for hydroxylation is 2. The zero-order valence-electron chi connectivity index (χ0n) is 11.8. The summed E-state index contributed by atoms with van der Waals surface area (Å²) in [7, 11) is 0. The van der Waals surface area contributed by atoms with Gasteiger partial charge in [-0.15, -0.1) is 0 Å². The minimum absolute atomic E-state index is 0.178. The van der Waals surface area contributed by atoms with Gasteiger partial charge in [-0.25, -0.2) is 0 Å². The lowest BCUT2D eigenvalue weighted by atomic mass is 9.96. The van der Waals surface area contributed by atoms with Gasteiger partial charge in [0, 0.05) is 19.6 Å². The van der Waals surface area contributed by atoms with Crippen molar-refractivity contribution in [3.8, 4) is 0 Å². The van der Waals surface area contributed by atoms with E-state index >= 15 is 0 Å². The largest absolute Gasteiger partial charge is 0.392 e. The molecular formula is C14H25N3O. The number of piperidine rings is 1. The van der Waals surface area contributed by atoms with Gasteiger partial charge in [0.15, 0.2) is 0 Å². The van der Waals surface area contributed by atoms with Crippen LogP contribution in [0.2, 0.25) is 0 Å². The lowest BCUT2D eigenvalue weighted by molar-refractivity contribution is 0.0249. The van der Waals surface area contributed by atoms with Crippen molar-refractivity contribution < 1.29 is 5.11 Å². The average Bonchev–Trinajstić information content (AvgIpc) is 2.76. The summed E-state index contributed by atoms with van der Waals surface area (Å²) in [5.74, 6) is 0.434. The third-order valence-electron chi connectivity index (χ3n) is 3.96. The van der Waals surface area contributed by atoms with Gasteiger partial charge < -0.3 is 5.11 Å². The molecule has 2 rings (SSSR count). The van der Waals surface area contributed by atoms with Crippen LogP contribution >= 0.6 is 0 Å². The van der Waals surface area contributed by atoms with E-state index in [-0.39, 0.29) is 6.10 Å². The van der Waals surface area contributed by atoms with Crippen LogP contribution in [0.5, 0.6) is 0 Å². The maximum absolute atomic E-state index is 9.94. The SMILES string of the molecule is CCc1cc(CN2CCC(C)C(O)C2)n(CC)n1. The van der Waals surface area contributed by atoms with Crippen molar-refractivity contribution in [3.05, 3.63) is 17.5 Å². The normalized spacial score (nSPS) is 25.6. The van der Waals surface area contributed by atoms with Gasteiger partial charge in [0.25, 0.3) is 0 Å². The summed E-state index contributed by atoms with van der Waals surface area (Å²) in [4.78, 5) is 2.34. The molecule has 0 aromatic carbocycles. The summed E-state index contributed by atoms with van der Waals surface area (Å²) >= 11 is 0. The molecule has 1 fully saturated rings. The maximum atomic E-state index is 9.94. The van der Waals surface area contributed by atoms with Gasteiger partial charge in [-0.3, -0.25) is 9.58 Å². The number of hydrogen-bond acceptors (Lipinski definition) is 3. The molecule has 4 nitrogen and oxygen atoms in total. The van der Waals surface area contributed by atoms with Crippen molar-refractivity contribution in [2.75, 3.05) is 13.1 Å². The lowest BCUT2D eigenvalue weighted by Crippen LogP contribution is -2.42. The molecule has 18 heavy (non-hydrogen) atoms. The Labute approximate surface area is 110 Å². The molecule has 102 valence electrons. The van der Waals surface area contributed by atoms with Crippen LogP contribution in [-0.4, -0.2) is 39.0 Å². The van der Waals surface area contributed by atoms with Gasteiger partial charge in [0.1, 0.15) is 0 Å². The molecule has 2 unspecified atom stereocenters. The first-order valence-corrected chi connectivity index (χ1v) is 7.10. The Morgan fingerprint density at radius 1 is 1.44 bits per heavy atom. The highest BCUT2D eigenvalue weighted by molar-refractivity contribution is 5.10. The van der Waals surface area contributed by atoms with E-state index in [0.717, 1.165) is 44.7 Å². The van der Waals surface area contributed by atoms with Crippen LogP contribution < -0.4 is 0 Å². The highest BCUT2D eigenvalue weighted by Crippen LogP contribution is 2.19. The average molecular weight is 251 g/mol. The van der Waals surface area contributed by atoms with E-state index in [4.69, 9.17) is 0 Å². The van der Waals surface area contributed by atoms with Crippen LogP contribution in [0.3, 0.4) is 0 Å². The number of aliphatic hydroxyl groups excluding tert-OH is 1. The third kappa shape index (κ3) is 2.93. The minimum atomic E-state index is -0.178.